The van der Waals surface area contributed by atoms with Crippen molar-refractivity contribution in [1.29, 1.82) is 0 Å². The molecule has 0 N–H and O–H groups in total. The van der Waals surface area contributed by atoms with Crippen molar-refractivity contribution >= 4 is 27.8 Å². The maximum atomic E-state index is 4.75. The molecular formula is C24H29N. The van der Waals surface area contributed by atoms with Crippen LogP contribution in [0.2, 0.25) is 0 Å². The molecule has 0 saturated heterocycles. The molecule has 0 atom stereocenters. The van der Waals surface area contributed by atoms with E-state index in [0.717, 1.165) is 13.0 Å². The van der Waals surface area contributed by atoms with E-state index in [1.165, 1.54) is 65.6 Å². The molecule has 0 heterocycles. The van der Waals surface area contributed by atoms with E-state index in [4.69, 9.17) is 4.99 Å². The van der Waals surface area contributed by atoms with Crippen molar-refractivity contribution in [2.24, 2.45) is 4.99 Å². The van der Waals surface area contributed by atoms with Crippen LogP contribution in [0, 0.1) is 0 Å². The molecule has 0 radical (unpaired) electrons. The minimum absolute atomic E-state index is 0.775. The summed E-state index contributed by atoms with van der Waals surface area (Å²) in [4.78, 5) is 4.75. The van der Waals surface area contributed by atoms with E-state index in [9.17, 15) is 0 Å². The lowest BCUT2D eigenvalue weighted by Crippen LogP contribution is -1.89. The van der Waals surface area contributed by atoms with E-state index < -0.39 is 0 Å². The van der Waals surface area contributed by atoms with Gasteiger partial charge in [0.15, 0.2) is 0 Å². The van der Waals surface area contributed by atoms with Gasteiger partial charge in [0.2, 0.25) is 0 Å². The monoisotopic (exact) mass is 331 g/mol. The molecule has 0 fully saturated rings. The van der Waals surface area contributed by atoms with Crippen LogP contribution in [0.15, 0.2) is 59.6 Å². The smallest absolute Gasteiger partial charge is 0.0647 e. The maximum Gasteiger partial charge on any atom is 0.0647 e. The van der Waals surface area contributed by atoms with Crippen LogP contribution in [0.4, 0.5) is 0 Å². The van der Waals surface area contributed by atoms with Crippen LogP contribution in [-0.4, -0.2) is 6.21 Å². The zero-order valence-corrected chi connectivity index (χ0v) is 15.4. The molecule has 0 spiro atoms. The van der Waals surface area contributed by atoms with E-state index in [0.29, 0.717) is 0 Å². The fourth-order valence-electron chi connectivity index (χ4n) is 3.54. The van der Waals surface area contributed by atoms with Gasteiger partial charge in [0.25, 0.3) is 0 Å². The first-order valence-electron chi connectivity index (χ1n) is 9.78. The molecule has 0 aromatic heterocycles. The Bertz CT molecular complexity index is 778. The predicted octanol–water partition coefficient (Wildman–Crippen LogP) is 7.31. The van der Waals surface area contributed by atoms with Crippen molar-refractivity contribution in [2.45, 2.75) is 58.4 Å². The molecule has 25 heavy (non-hydrogen) atoms. The van der Waals surface area contributed by atoms with Gasteiger partial charge >= 0.3 is 0 Å². The Morgan fingerprint density at radius 3 is 2.04 bits per heavy atom. The molecule has 1 heteroatoms. The number of nitrogens with zero attached hydrogens (tertiary/aromatic N) is 1. The molecule has 3 aromatic rings. The molecule has 0 bridgehead atoms. The first kappa shape index (κ1) is 17.7. The molecule has 130 valence electrons. The lowest BCUT2D eigenvalue weighted by molar-refractivity contribution is 0.616. The zero-order valence-electron chi connectivity index (χ0n) is 15.4. The summed E-state index contributed by atoms with van der Waals surface area (Å²) in [5.41, 5.74) is 1.35. The van der Waals surface area contributed by atoms with E-state index in [2.05, 4.69) is 67.7 Å². The highest BCUT2D eigenvalue weighted by atomic mass is 14.7. The van der Waals surface area contributed by atoms with Crippen molar-refractivity contribution < 1.29 is 0 Å². The highest BCUT2D eigenvalue weighted by molar-refractivity contribution is 6.02. The second-order valence-corrected chi connectivity index (χ2v) is 6.88. The molecule has 3 rings (SSSR count). The average Bonchev–Trinajstić information content (AvgIpc) is 2.66. The molecule has 0 aliphatic heterocycles. The van der Waals surface area contributed by atoms with E-state index in [1.807, 2.05) is 0 Å². The first-order valence-corrected chi connectivity index (χ1v) is 9.78. The lowest BCUT2D eigenvalue weighted by Gasteiger charge is -2.09. The van der Waals surface area contributed by atoms with Gasteiger partial charge in [-0.25, -0.2) is 0 Å². The number of rotatable bonds is 9. The van der Waals surface area contributed by atoms with Crippen molar-refractivity contribution in [3.8, 4) is 0 Å². The molecule has 0 unspecified atom stereocenters. The van der Waals surface area contributed by atoms with E-state index in [-0.39, 0.29) is 0 Å². The summed E-state index contributed by atoms with van der Waals surface area (Å²) in [5.74, 6) is 0. The Labute approximate surface area is 151 Å². The van der Waals surface area contributed by atoms with Gasteiger partial charge in [-0.05, 0) is 52.2 Å². The third kappa shape index (κ3) is 4.69. The summed E-state index contributed by atoms with van der Waals surface area (Å²) in [6.07, 6.45) is 11.3. The van der Waals surface area contributed by atoms with E-state index in [1.54, 1.807) is 0 Å². The number of aliphatic imine (C=N–C) groups is 1. The molecular weight excluding hydrogens is 302 g/mol. The highest BCUT2D eigenvalue weighted by Crippen LogP contribution is 2.28. The Balaban J connectivity index is 1.67. The van der Waals surface area contributed by atoms with Crippen molar-refractivity contribution in [3.05, 3.63) is 60.2 Å². The van der Waals surface area contributed by atoms with Gasteiger partial charge in [-0.1, -0.05) is 87.6 Å². The summed E-state index contributed by atoms with van der Waals surface area (Å²) < 4.78 is 0. The largest absolute Gasteiger partial charge is 0.293 e. The Morgan fingerprint density at radius 1 is 0.760 bits per heavy atom. The van der Waals surface area contributed by atoms with Crippen molar-refractivity contribution in [3.63, 3.8) is 0 Å². The molecule has 0 aliphatic carbocycles. The summed E-state index contributed by atoms with van der Waals surface area (Å²) in [6, 6.07) is 19.6. The highest BCUT2D eigenvalue weighted by Gasteiger charge is 2.06. The van der Waals surface area contributed by atoms with Gasteiger partial charge in [0.1, 0.15) is 0 Å². The third-order valence-electron chi connectivity index (χ3n) is 4.95. The molecule has 1 nitrogen and oxygen atoms in total. The SMILES string of the molecule is CCCCCCCCC=NCc1c2ccccc2cc2ccccc12. The minimum Gasteiger partial charge on any atom is -0.293 e. The van der Waals surface area contributed by atoms with Gasteiger partial charge in [-0.2, -0.15) is 0 Å². The number of fused-ring (bicyclic) bond motifs is 2. The van der Waals surface area contributed by atoms with Gasteiger partial charge < -0.3 is 0 Å². The van der Waals surface area contributed by atoms with Crippen LogP contribution in [0.3, 0.4) is 0 Å². The average molecular weight is 332 g/mol. The lowest BCUT2D eigenvalue weighted by atomic mass is 9.97. The van der Waals surface area contributed by atoms with Crippen LogP contribution < -0.4 is 0 Å². The molecule has 0 saturated carbocycles. The van der Waals surface area contributed by atoms with Gasteiger partial charge in [-0.15, -0.1) is 0 Å². The summed E-state index contributed by atoms with van der Waals surface area (Å²) in [6.45, 7) is 3.04. The van der Waals surface area contributed by atoms with Crippen LogP contribution in [0.1, 0.15) is 57.4 Å². The summed E-state index contributed by atoms with van der Waals surface area (Å²) in [5, 5.41) is 5.28. The second kappa shape index (κ2) is 9.36. The quantitative estimate of drug-likeness (QED) is 0.221. The topological polar surface area (TPSA) is 12.4 Å². The number of benzene rings is 3. The Kier molecular flexibility index (Phi) is 6.62. The Hall–Kier alpha value is -2.15. The number of hydrogen-bond donors (Lipinski definition) is 0. The fraction of sp³-hybridized carbons (Fsp3) is 0.375. The van der Waals surface area contributed by atoms with Crippen LogP contribution >= 0.6 is 0 Å². The number of unbranched alkanes of at least 4 members (excludes halogenated alkanes) is 6. The van der Waals surface area contributed by atoms with Crippen LogP contribution in [0.5, 0.6) is 0 Å². The number of hydrogen-bond acceptors (Lipinski definition) is 1. The molecule has 3 aromatic carbocycles. The predicted molar refractivity (Wildman–Crippen MR) is 112 cm³/mol. The van der Waals surface area contributed by atoms with Crippen molar-refractivity contribution in [2.75, 3.05) is 0 Å². The summed E-state index contributed by atoms with van der Waals surface area (Å²) >= 11 is 0. The second-order valence-electron chi connectivity index (χ2n) is 6.88. The van der Waals surface area contributed by atoms with Gasteiger partial charge in [0, 0.05) is 0 Å². The first-order chi connectivity index (χ1) is 12.4. The van der Waals surface area contributed by atoms with Gasteiger partial charge in [-0.3, -0.25) is 4.99 Å². The normalized spacial score (nSPS) is 11.7. The van der Waals surface area contributed by atoms with Crippen LogP contribution in [-0.2, 0) is 6.54 Å². The minimum atomic E-state index is 0.775. The Morgan fingerprint density at radius 2 is 1.36 bits per heavy atom. The van der Waals surface area contributed by atoms with Gasteiger partial charge in [0.05, 0.1) is 6.54 Å². The van der Waals surface area contributed by atoms with Crippen LogP contribution in [0.25, 0.3) is 21.5 Å². The third-order valence-corrected chi connectivity index (χ3v) is 4.95. The zero-order chi connectivity index (χ0) is 17.3. The fourth-order valence-corrected chi connectivity index (χ4v) is 3.54. The standard InChI is InChI=1S/C24H29N/c1-2-3-4-5-6-7-12-17-25-19-24-22-15-10-8-13-20(22)18-21-14-9-11-16-23(21)24/h8-11,13-18H,2-7,12,19H2,1H3. The maximum absolute atomic E-state index is 4.75. The molecule has 0 aliphatic rings. The summed E-state index contributed by atoms with van der Waals surface area (Å²) in [7, 11) is 0. The molecule has 0 amide bonds. The van der Waals surface area contributed by atoms with E-state index >= 15 is 0 Å². The van der Waals surface area contributed by atoms with Crippen molar-refractivity contribution in [1.82, 2.24) is 0 Å².